The number of aromatic amines is 1. The molecule has 12 unspecified atom stereocenters. The number of rotatable bonds is 30. The van der Waals surface area contributed by atoms with Gasteiger partial charge in [-0.15, -0.1) is 0 Å². The number of aliphatic hydroxyl groups excluding tert-OH is 1. The average molecular weight is 1960 g/mol. The number of carbonyl (C=O) groups is 7. The molecule has 0 aliphatic carbocycles. The maximum atomic E-state index is 13.1. The summed E-state index contributed by atoms with van der Waals surface area (Å²) < 4.78 is 17.6. The number of Topliss-reactive ketones (excluding diaryl/α,β-unsaturated/α-hetero) is 1. The third kappa shape index (κ3) is 53.5. The molecule has 4 aromatic carbocycles. The molecule has 0 bridgehead atoms. The van der Waals surface area contributed by atoms with E-state index in [-0.39, 0.29) is 106 Å². The minimum absolute atomic E-state index is 0. The number of carboxylic acids is 3. The fraction of sp³-hybridized carbons (Fsp3) is 0.588. The summed E-state index contributed by atoms with van der Waals surface area (Å²) in [6, 6.07) is 47.7. The molecule has 7 aromatic rings. The lowest BCUT2D eigenvalue weighted by Gasteiger charge is -2.32. The van der Waals surface area contributed by atoms with E-state index in [0.29, 0.717) is 86.3 Å². The van der Waals surface area contributed by atoms with Gasteiger partial charge in [-0.2, -0.15) is 9.59 Å². The largest absolute Gasteiger partial charge is 0.481 e. The highest BCUT2D eigenvalue weighted by molar-refractivity contribution is 5.97. The summed E-state index contributed by atoms with van der Waals surface area (Å²) in [5.41, 5.74) is 16.7. The van der Waals surface area contributed by atoms with E-state index < -0.39 is 59.2 Å². The highest BCUT2D eigenvalue weighted by Gasteiger charge is 2.51. The van der Waals surface area contributed by atoms with Crippen molar-refractivity contribution in [2.75, 3.05) is 6.61 Å². The van der Waals surface area contributed by atoms with Gasteiger partial charge in [0.1, 0.15) is 24.0 Å². The van der Waals surface area contributed by atoms with Crippen LogP contribution in [0.15, 0.2) is 185 Å². The molecule has 3 aromatic heterocycles. The van der Waals surface area contributed by atoms with Gasteiger partial charge >= 0.3 is 29.7 Å². The Labute approximate surface area is 843 Å². The maximum absolute atomic E-state index is 13.1. The number of aliphatic hydroxyl groups is 1. The number of nitrogens with two attached hydrogens (primary N) is 2. The fourth-order valence-corrected chi connectivity index (χ4v) is 15.0. The number of carboxylic acid groups (broad SMARTS) is 3. The van der Waals surface area contributed by atoms with Crippen LogP contribution in [0.4, 0.5) is 5.69 Å². The van der Waals surface area contributed by atoms with Gasteiger partial charge in [-0.05, 0) is 179 Å². The molecule has 11 N–H and O–H groups in total. The summed E-state index contributed by atoms with van der Waals surface area (Å²) in [4.78, 5) is 136. The second kappa shape index (κ2) is 60.3. The highest BCUT2D eigenvalue weighted by Crippen LogP contribution is 2.38. The zero-order valence-corrected chi connectivity index (χ0v) is 90.2. The predicted molar refractivity (Wildman–Crippen MR) is 564 cm³/mol. The lowest BCUT2D eigenvalue weighted by Crippen LogP contribution is -2.50. The Balaban J connectivity index is 0.00000160. The monoisotopic (exact) mass is 1960 g/mol. The average Bonchev–Trinajstić information content (AvgIpc) is 1.63. The molecule has 0 spiro atoms. The molecule has 27 nitrogen and oxygen atoms in total. The van der Waals surface area contributed by atoms with Crippen molar-refractivity contribution in [3.63, 3.8) is 0 Å². The van der Waals surface area contributed by atoms with E-state index in [2.05, 4.69) is 173 Å². The number of amides is 2. The van der Waals surface area contributed by atoms with Gasteiger partial charge in [0.05, 0.1) is 42.4 Å². The molecule has 2 aliphatic heterocycles. The van der Waals surface area contributed by atoms with Crippen molar-refractivity contribution in [2.24, 2.45) is 101 Å². The van der Waals surface area contributed by atoms with Crippen LogP contribution in [-0.2, 0) is 95.9 Å². The molecule has 2 saturated heterocycles. The Morgan fingerprint density at radius 1 is 0.553 bits per heavy atom. The molecule has 0 saturated carbocycles. The molecule has 12 atom stereocenters. The number of ketones is 1. The Bertz CT molecular complexity index is 4990. The van der Waals surface area contributed by atoms with Crippen molar-refractivity contribution in [2.45, 2.75) is 342 Å². The van der Waals surface area contributed by atoms with Gasteiger partial charge in [0, 0.05) is 66.6 Å². The first-order valence-electron chi connectivity index (χ1n) is 48.7. The number of hydrogen-bond acceptors (Lipinski definition) is 18. The van der Waals surface area contributed by atoms with Crippen molar-refractivity contribution < 1.29 is 77.8 Å². The van der Waals surface area contributed by atoms with Crippen LogP contribution in [0.2, 0.25) is 0 Å². The minimum atomic E-state index is -1.00. The third-order valence-electron chi connectivity index (χ3n) is 24.0. The molecule has 9 rings (SSSR count). The van der Waals surface area contributed by atoms with Crippen LogP contribution in [0.5, 0.6) is 0 Å². The SMILES string of the molecule is C.CC(C(=O)O)C(C)(C)C.CC(C)(C)C(Cc1ccccc1)C(=O)O.CC(C)(C)C(Cc1ccccn1)OC=O.CC(C)(C)Cc1ccc(N=C(N)N)cc1.CC(C)CC(C(=O)NC(Cc1ccccc1)C(=O)O)C(C)(C)C.CC(C)CC(NC(=O)C(Cc1ccccc1)C(C)(C)C)C(=O)C1(C)CO1.CCC(Cc1ccccn1)C(C)(C)C.Cc1cn(C2CC(O)C(CC(C)(C)C)O2)c(=O)[nH]c1=O.O=C=O. The van der Waals surface area contributed by atoms with Crippen molar-refractivity contribution in [3.8, 4) is 0 Å². The van der Waals surface area contributed by atoms with E-state index in [9.17, 15) is 58.5 Å². The van der Waals surface area contributed by atoms with E-state index in [0.717, 1.165) is 53.3 Å². The molecular formula is C114H177N9O18. The van der Waals surface area contributed by atoms with Crippen LogP contribution < -0.4 is 33.3 Å². The zero-order chi connectivity index (χ0) is 107. The number of hydrogen-bond donors (Lipinski definition) is 9. The van der Waals surface area contributed by atoms with Crippen LogP contribution in [-0.4, -0.2) is 137 Å². The topological polar surface area (TPSA) is 435 Å². The summed E-state index contributed by atoms with van der Waals surface area (Å²) in [6.07, 6.45) is 11.8. The molecule has 27 heteroatoms. The summed E-state index contributed by atoms with van der Waals surface area (Å²) in [7, 11) is 0. The lowest BCUT2D eigenvalue weighted by molar-refractivity contribution is -0.192. The number of pyridine rings is 2. The van der Waals surface area contributed by atoms with Crippen molar-refractivity contribution in [1.29, 1.82) is 0 Å². The molecule has 2 amide bonds. The first-order chi connectivity index (χ1) is 64.4. The summed E-state index contributed by atoms with van der Waals surface area (Å²) in [6.45, 7) is 66.6. The van der Waals surface area contributed by atoms with Gasteiger partial charge < -0.3 is 56.7 Å². The summed E-state index contributed by atoms with van der Waals surface area (Å²) >= 11 is 0. The third-order valence-corrected chi connectivity index (χ3v) is 24.0. The molecule has 2 fully saturated rings. The molecule has 5 heterocycles. The number of aryl methyl sites for hydroxylation is 1. The quantitative estimate of drug-likeness (QED) is 0.00874. The number of benzene rings is 4. The van der Waals surface area contributed by atoms with Crippen LogP contribution in [0.3, 0.4) is 0 Å². The van der Waals surface area contributed by atoms with E-state index in [1.165, 1.54) is 28.4 Å². The normalized spacial score (nSPS) is 16.7. The second-order valence-electron chi connectivity index (χ2n) is 46.5. The standard InChI is InChI=1S/C22H33NO3.C19H29NO3.C14H22N2O4.C13H21N.C13H18O2.C12H19N3.C12H17NO2.C7H14O2.CO2.CH4/c1-15(2)12-18(19(24)22(6)14-26-22)23-20(25)17(21(3,4)5)13-16-10-8-7-9-11-16;1-13(2)11-15(19(3,4)5)17(21)20-16(18(22)23)12-14-9-7-6-8-10-14;1-8-7-16(13(19)15-12(8)18)11-5-9(17)10(20-11)6-14(2,3)4;1-5-11(13(2,3)4)10-12-8-6-7-9-14-12;1-13(2,3)11(12(14)15)9-10-7-5-4-6-8-10;1-12(2,3)8-9-4-6-10(7-5-9)15-11(13)14;1-12(2,3)11(15-9-14)8-10-6-4-5-7-13-10;1-5(6(8)9)7(2,3)4;2-1-3;/h7-11,15,17-18H,12-14H2,1-6H3,(H,23,25);6-10,13,15-16H,11-12H2,1-5H3,(H,20,21)(H,22,23);7,9-11,17H,5-6H2,1-4H3,(H,15,18,19);6-9,11H,5,10H2,1-4H3;4-8,11H,9H2,1-3H3,(H,14,15);4-7H,8H2,1-3H3,(H4,13,14,15);4-7,9,11H,8H2,1-3H3;5H,1-4H3,(H,8,9);;1H4. The number of carbonyl (C=O) groups excluding carboxylic acids is 6. The van der Waals surface area contributed by atoms with Crippen LogP contribution in [0, 0.1) is 91.7 Å². The number of nitrogens with one attached hydrogen (secondary N) is 3. The van der Waals surface area contributed by atoms with E-state index in [4.69, 9.17) is 40.4 Å². The van der Waals surface area contributed by atoms with Gasteiger partial charge in [0.2, 0.25) is 11.8 Å². The van der Waals surface area contributed by atoms with Gasteiger partial charge in [0.25, 0.3) is 12.0 Å². The van der Waals surface area contributed by atoms with Gasteiger partial charge in [0.15, 0.2) is 11.7 Å². The first kappa shape index (κ1) is 130. The number of epoxide rings is 1. The van der Waals surface area contributed by atoms with Crippen LogP contribution in [0.25, 0.3) is 0 Å². The molecule has 0 radical (unpaired) electrons. The number of H-pyrrole nitrogens is 1. The van der Waals surface area contributed by atoms with Gasteiger partial charge in [-0.3, -0.25) is 53.1 Å². The number of ether oxygens (including phenoxy) is 3. The smallest absolute Gasteiger partial charge is 0.373 e. The number of nitrogens with zero attached hydrogens (tertiary/aromatic N) is 4. The number of guanidine groups is 1. The lowest BCUT2D eigenvalue weighted by atomic mass is 9.75. The summed E-state index contributed by atoms with van der Waals surface area (Å²) in [5, 5.41) is 43.0. The Hall–Kier alpha value is -11.1. The van der Waals surface area contributed by atoms with Crippen molar-refractivity contribution in [1.82, 2.24) is 30.2 Å². The van der Waals surface area contributed by atoms with Crippen molar-refractivity contribution in [3.05, 3.63) is 230 Å². The number of aromatic nitrogens is 4. The zero-order valence-electron chi connectivity index (χ0n) is 90.2. The number of aliphatic imine (C=N–C) groups is 1. The minimum Gasteiger partial charge on any atom is -0.481 e. The van der Waals surface area contributed by atoms with Crippen LogP contribution >= 0.6 is 0 Å². The van der Waals surface area contributed by atoms with Gasteiger partial charge in [-0.25, -0.2) is 14.6 Å². The van der Waals surface area contributed by atoms with E-state index in [1.54, 1.807) is 27.0 Å². The summed E-state index contributed by atoms with van der Waals surface area (Å²) in [5.74, 6) is -2.18. The molecule has 2 aliphatic rings. The fourth-order valence-electron chi connectivity index (χ4n) is 15.0. The van der Waals surface area contributed by atoms with Gasteiger partial charge in [-0.1, -0.05) is 337 Å². The molecule has 786 valence electrons. The Morgan fingerprint density at radius 2 is 0.979 bits per heavy atom. The second-order valence-corrected chi connectivity index (χ2v) is 46.5. The number of aliphatic carboxylic acids is 3. The Kier molecular flexibility index (Phi) is 55.6. The maximum Gasteiger partial charge on any atom is 0.373 e. The first-order valence-corrected chi connectivity index (χ1v) is 48.7. The highest BCUT2D eigenvalue weighted by atomic mass is 16.6. The molecular weight excluding hydrogens is 1780 g/mol. The molecule has 141 heavy (non-hydrogen) atoms. The Morgan fingerprint density at radius 3 is 1.33 bits per heavy atom. The van der Waals surface area contributed by atoms with E-state index in [1.807, 2.05) is 217 Å². The van der Waals surface area contributed by atoms with Crippen molar-refractivity contribution >= 4 is 59.8 Å². The predicted octanol–water partition coefficient (Wildman–Crippen LogP) is 21.1. The van der Waals surface area contributed by atoms with Crippen LogP contribution in [0.1, 0.15) is 300 Å². The van der Waals surface area contributed by atoms with E-state index >= 15 is 0 Å².